The first-order valence-corrected chi connectivity index (χ1v) is 11.7. The summed E-state index contributed by atoms with van der Waals surface area (Å²) in [5.74, 6) is -1.81. The third-order valence-corrected chi connectivity index (χ3v) is 6.78. The number of aliphatic carboxylic acids is 1. The van der Waals surface area contributed by atoms with Gasteiger partial charge in [-0.15, -0.1) is 0 Å². The SMILES string of the molecule is CN1CCCC1CCNC(=O)C(CC(=O)O)NC(=O)OCC1c2ccccc2-c2ccccc21. The summed E-state index contributed by atoms with van der Waals surface area (Å²) in [5.41, 5.74) is 4.38. The maximum absolute atomic E-state index is 12.6. The zero-order valence-electron chi connectivity index (χ0n) is 19.3. The van der Waals surface area contributed by atoms with Crippen molar-refractivity contribution in [2.75, 3.05) is 26.7 Å². The van der Waals surface area contributed by atoms with Crippen LogP contribution in [0.5, 0.6) is 0 Å². The van der Waals surface area contributed by atoms with Crippen LogP contribution in [0, 0.1) is 0 Å². The minimum atomic E-state index is -1.20. The predicted octanol–water partition coefficient (Wildman–Crippen LogP) is 2.97. The van der Waals surface area contributed by atoms with Crippen LogP contribution in [0.4, 0.5) is 4.79 Å². The Hall–Kier alpha value is -3.39. The van der Waals surface area contributed by atoms with Gasteiger partial charge in [-0.2, -0.15) is 0 Å². The Kier molecular flexibility index (Phi) is 7.47. The summed E-state index contributed by atoms with van der Waals surface area (Å²) < 4.78 is 5.47. The van der Waals surface area contributed by atoms with Crippen LogP contribution < -0.4 is 10.6 Å². The number of carbonyl (C=O) groups is 3. The van der Waals surface area contributed by atoms with E-state index in [0.717, 1.165) is 48.1 Å². The van der Waals surface area contributed by atoms with Gasteiger partial charge in [-0.25, -0.2) is 4.79 Å². The molecule has 4 rings (SSSR count). The summed E-state index contributed by atoms with van der Waals surface area (Å²) >= 11 is 0. The van der Waals surface area contributed by atoms with Crippen molar-refractivity contribution in [1.29, 1.82) is 0 Å². The van der Waals surface area contributed by atoms with E-state index in [2.05, 4.69) is 22.6 Å². The Balaban J connectivity index is 1.33. The quantitative estimate of drug-likeness (QED) is 0.526. The van der Waals surface area contributed by atoms with Gasteiger partial charge >= 0.3 is 12.1 Å². The van der Waals surface area contributed by atoms with E-state index in [1.165, 1.54) is 0 Å². The molecule has 0 radical (unpaired) electrons. The Morgan fingerprint density at radius 1 is 1.09 bits per heavy atom. The van der Waals surface area contributed by atoms with E-state index < -0.39 is 30.4 Å². The molecular formula is C26H31N3O5. The molecule has 2 aromatic carbocycles. The molecule has 1 aliphatic heterocycles. The Morgan fingerprint density at radius 2 is 1.74 bits per heavy atom. The van der Waals surface area contributed by atoms with Gasteiger partial charge in [0.15, 0.2) is 0 Å². The molecule has 2 amide bonds. The number of nitrogens with one attached hydrogen (secondary N) is 2. The number of carboxylic acid groups (broad SMARTS) is 1. The maximum atomic E-state index is 12.6. The third kappa shape index (κ3) is 5.39. The lowest BCUT2D eigenvalue weighted by atomic mass is 9.98. The van der Waals surface area contributed by atoms with Gasteiger partial charge in [0, 0.05) is 18.5 Å². The van der Waals surface area contributed by atoms with Gasteiger partial charge in [-0.3, -0.25) is 9.59 Å². The average molecular weight is 466 g/mol. The Labute approximate surface area is 199 Å². The number of ether oxygens (including phenoxy) is 1. The van der Waals surface area contributed by atoms with Crippen LogP contribution in [0.25, 0.3) is 11.1 Å². The molecule has 0 bridgehead atoms. The van der Waals surface area contributed by atoms with Crippen molar-refractivity contribution in [2.24, 2.45) is 0 Å². The summed E-state index contributed by atoms with van der Waals surface area (Å²) in [5, 5.41) is 14.4. The minimum absolute atomic E-state index is 0.0925. The van der Waals surface area contributed by atoms with E-state index in [9.17, 15) is 19.5 Å². The highest BCUT2D eigenvalue weighted by molar-refractivity contribution is 5.89. The smallest absolute Gasteiger partial charge is 0.407 e. The highest BCUT2D eigenvalue weighted by Gasteiger charge is 2.30. The van der Waals surface area contributed by atoms with Gasteiger partial charge in [0.05, 0.1) is 6.42 Å². The van der Waals surface area contributed by atoms with Crippen molar-refractivity contribution in [2.45, 2.75) is 43.7 Å². The molecule has 0 saturated carbocycles. The van der Waals surface area contributed by atoms with Crippen LogP contribution in [-0.4, -0.2) is 66.8 Å². The molecule has 1 aliphatic carbocycles. The molecule has 1 fully saturated rings. The number of carbonyl (C=O) groups excluding carboxylic acids is 2. The summed E-state index contributed by atoms with van der Waals surface area (Å²) in [6.45, 7) is 1.56. The number of hydrogen-bond acceptors (Lipinski definition) is 5. The zero-order chi connectivity index (χ0) is 24.1. The molecule has 2 atom stereocenters. The highest BCUT2D eigenvalue weighted by Crippen LogP contribution is 2.44. The van der Waals surface area contributed by atoms with Gasteiger partial charge in [0.1, 0.15) is 12.6 Å². The lowest BCUT2D eigenvalue weighted by Crippen LogP contribution is -2.48. The average Bonchev–Trinajstić information content (AvgIpc) is 3.37. The monoisotopic (exact) mass is 465 g/mol. The summed E-state index contributed by atoms with van der Waals surface area (Å²) in [4.78, 5) is 38.7. The first kappa shape index (κ1) is 23.8. The molecule has 180 valence electrons. The first-order chi connectivity index (χ1) is 16.4. The van der Waals surface area contributed by atoms with Crippen LogP contribution in [0.3, 0.4) is 0 Å². The zero-order valence-corrected chi connectivity index (χ0v) is 19.3. The molecule has 8 nitrogen and oxygen atoms in total. The van der Waals surface area contributed by atoms with Crippen molar-refractivity contribution < 1.29 is 24.2 Å². The fraction of sp³-hybridized carbons (Fsp3) is 0.423. The van der Waals surface area contributed by atoms with Crippen LogP contribution in [0.2, 0.25) is 0 Å². The van der Waals surface area contributed by atoms with E-state index in [4.69, 9.17) is 4.74 Å². The van der Waals surface area contributed by atoms with E-state index in [1.807, 2.05) is 48.5 Å². The molecule has 2 unspecified atom stereocenters. The molecule has 2 aromatic rings. The Bertz CT molecular complexity index is 1010. The number of rotatable bonds is 9. The number of alkyl carbamates (subject to hydrolysis) is 1. The second-order valence-electron chi connectivity index (χ2n) is 8.98. The summed E-state index contributed by atoms with van der Waals surface area (Å²) in [7, 11) is 2.06. The number of hydrogen-bond donors (Lipinski definition) is 3. The molecule has 3 N–H and O–H groups in total. The van der Waals surface area contributed by atoms with E-state index in [1.54, 1.807) is 0 Å². The van der Waals surface area contributed by atoms with Gasteiger partial charge in [0.2, 0.25) is 5.91 Å². The molecular weight excluding hydrogens is 434 g/mol. The van der Waals surface area contributed by atoms with Crippen LogP contribution in [0.1, 0.15) is 42.7 Å². The van der Waals surface area contributed by atoms with E-state index >= 15 is 0 Å². The lowest BCUT2D eigenvalue weighted by molar-refractivity contribution is -0.139. The minimum Gasteiger partial charge on any atom is -0.481 e. The first-order valence-electron chi connectivity index (χ1n) is 11.7. The van der Waals surface area contributed by atoms with Crippen molar-refractivity contribution in [3.63, 3.8) is 0 Å². The Morgan fingerprint density at radius 3 is 2.32 bits per heavy atom. The van der Waals surface area contributed by atoms with E-state index in [0.29, 0.717) is 12.6 Å². The molecule has 1 heterocycles. The normalized spacial score (nSPS) is 18.1. The molecule has 1 saturated heterocycles. The fourth-order valence-corrected chi connectivity index (χ4v) is 5.00. The van der Waals surface area contributed by atoms with Gasteiger partial charge < -0.3 is 25.4 Å². The van der Waals surface area contributed by atoms with Crippen LogP contribution in [-0.2, 0) is 14.3 Å². The van der Waals surface area contributed by atoms with Crippen molar-refractivity contribution in [3.05, 3.63) is 59.7 Å². The predicted molar refractivity (Wildman–Crippen MR) is 128 cm³/mol. The molecule has 34 heavy (non-hydrogen) atoms. The van der Waals surface area contributed by atoms with E-state index in [-0.39, 0.29) is 12.5 Å². The molecule has 0 aromatic heterocycles. The largest absolute Gasteiger partial charge is 0.481 e. The summed E-state index contributed by atoms with van der Waals surface area (Å²) in [6.07, 6.45) is 1.69. The molecule has 0 spiro atoms. The summed E-state index contributed by atoms with van der Waals surface area (Å²) in [6, 6.07) is 15.2. The third-order valence-electron chi connectivity index (χ3n) is 6.78. The van der Waals surface area contributed by atoms with Crippen molar-refractivity contribution >= 4 is 18.0 Å². The molecule has 8 heteroatoms. The highest BCUT2D eigenvalue weighted by atomic mass is 16.5. The van der Waals surface area contributed by atoms with Crippen LogP contribution in [0.15, 0.2) is 48.5 Å². The number of fused-ring (bicyclic) bond motifs is 3. The number of likely N-dealkylation sites (tertiary alicyclic amines) is 1. The van der Waals surface area contributed by atoms with Crippen LogP contribution >= 0.6 is 0 Å². The fourth-order valence-electron chi connectivity index (χ4n) is 5.00. The lowest BCUT2D eigenvalue weighted by Gasteiger charge is -2.21. The van der Waals surface area contributed by atoms with Crippen molar-refractivity contribution in [3.8, 4) is 11.1 Å². The second kappa shape index (κ2) is 10.7. The number of amides is 2. The number of benzene rings is 2. The maximum Gasteiger partial charge on any atom is 0.407 e. The topological polar surface area (TPSA) is 108 Å². The number of carboxylic acids is 1. The second-order valence-corrected chi connectivity index (χ2v) is 8.98. The number of nitrogens with zero attached hydrogens (tertiary/aromatic N) is 1. The standard InChI is InChI=1S/C26H31N3O5/c1-29-14-6-7-17(29)12-13-27-25(32)23(15-24(30)31)28-26(33)34-16-22-20-10-4-2-8-18(20)19-9-3-5-11-21(19)22/h2-5,8-11,17,22-23H,6-7,12-16H2,1H3,(H,27,32)(H,28,33)(H,30,31). The van der Waals surface area contributed by atoms with Crippen molar-refractivity contribution in [1.82, 2.24) is 15.5 Å². The van der Waals surface area contributed by atoms with Gasteiger partial charge in [-0.1, -0.05) is 48.5 Å². The van der Waals surface area contributed by atoms with Gasteiger partial charge in [-0.05, 0) is 55.1 Å². The van der Waals surface area contributed by atoms with Gasteiger partial charge in [0.25, 0.3) is 0 Å². The molecule has 2 aliphatic rings.